The number of carbonyl (C=O) groups is 1. The SMILES string of the molecule is Cc1cc(C)nc(N2CC(NC(=O)c3cc(C)nn3C)C2)n1. The van der Waals surface area contributed by atoms with Gasteiger partial charge >= 0.3 is 0 Å². The van der Waals surface area contributed by atoms with Gasteiger partial charge in [-0.1, -0.05) is 0 Å². The van der Waals surface area contributed by atoms with Crippen LogP contribution in [0.3, 0.4) is 0 Å². The van der Waals surface area contributed by atoms with E-state index < -0.39 is 0 Å². The van der Waals surface area contributed by atoms with Gasteiger partial charge in [0.1, 0.15) is 5.69 Å². The van der Waals surface area contributed by atoms with Gasteiger partial charge in [0.2, 0.25) is 5.95 Å². The van der Waals surface area contributed by atoms with Crippen molar-refractivity contribution in [2.24, 2.45) is 7.05 Å². The van der Waals surface area contributed by atoms with Crippen molar-refractivity contribution in [1.29, 1.82) is 0 Å². The predicted molar refractivity (Wildman–Crippen MR) is 82.9 cm³/mol. The van der Waals surface area contributed by atoms with Crippen LogP contribution < -0.4 is 10.2 Å². The molecule has 0 aliphatic carbocycles. The van der Waals surface area contributed by atoms with E-state index in [1.165, 1.54) is 0 Å². The third-order valence-corrected chi connectivity index (χ3v) is 3.70. The monoisotopic (exact) mass is 300 g/mol. The number of amides is 1. The molecule has 7 heteroatoms. The molecular formula is C15H20N6O. The van der Waals surface area contributed by atoms with Gasteiger partial charge < -0.3 is 10.2 Å². The van der Waals surface area contributed by atoms with Gasteiger partial charge in [0, 0.05) is 31.5 Å². The normalized spacial score (nSPS) is 14.8. The van der Waals surface area contributed by atoms with Crippen molar-refractivity contribution in [1.82, 2.24) is 25.1 Å². The Bertz CT molecular complexity index is 697. The van der Waals surface area contributed by atoms with Gasteiger partial charge in [0.15, 0.2) is 0 Å². The molecule has 0 atom stereocenters. The van der Waals surface area contributed by atoms with Gasteiger partial charge in [-0.25, -0.2) is 9.97 Å². The minimum absolute atomic E-state index is 0.0888. The number of rotatable bonds is 3. The number of hydrogen-bond acceptors (Lipinski definition) is 5. The Hall–Kier alpha value is -2.44. The molecule has 0 unspecified atom stereocenters. The van der Waals surface area contributed by atoms with E-state index in [0.717, 1.165) is 36.1 Å². The highest BCUT2D eigenvalue weighted by Gasteiger charge is 2.30. The maximum Gasteiger partial charge on any atom is 0.269 e. The molecule has 116 valence electrons. The van der Waals surface area contributed by atoms with Crippen LogP contribution in [-0.4, -0.2) is 44.8 Å². The van der Waals surface area contributed by atoms with Gasteiger partial charge in [-0.15, -0.1) is 0 Å². The van der Waals surface area contributed by atoms with E-state index in [1.807, 2.05) is 26.8 Å². The quantitative estimate of drug-likeness (QED) is 0.905. The lowest BCUT2D eigenvalue weighted by molar-refractivity contribution is 0.0920. The van der Waals surface area contributed by atoms with E-state index in [4.69, 9.17) is 0 Å². The van der Waals surface area contributed by atoms with Crippen LogP contribution in [0.1, 0.15) is 27.6 Å². The summed E-state index contributed by atoms with van der Waals surface area (Å²) in [7, 11) is 1.78. The fraction of sp³-hybridized carbons (Fsp3) is 0.467. The molecule has 2 aromatic rings. The van der Waals surface area contributed by atoms with Crippen molar-refractivity contribution >= 4 is 11.9 Å². The van der Waals surface area contributed by atoms with E-state index in [9.17, 15) is 4.79 Å². The second kappa shape index (κ2) is 5.40. The van der Waals surface area contributed by atoms with Crippen molar-refractivity contribution in [2.45, 2.75) is 26.8 Å². The molecule has 0 saturated carbocycles. The molecular weight excluding hydrogens is 280 g/mol. The van der Waals surface area contributed by atoms with Crippen LogP contribution in [0.5, 0.6) is 0 Å². The summed E-state index contributed by atoms with van der Waals surface area (Å²) in [5.41, 5.74) is 3.34. The highest BCUT2D eigenvalue weighted by atomic mass is 16.2. The molecule has 0 aromatic carbocycles. The molecule has 3 rings (SSSR count). The zero-order valence-corrected chi connectivity index (χ0v) is 13.3. The minimum atomic E-state index is -0.0888. The molecule has 7 nitrogen and oxygen atoms in total. The summed E-state index contributed by atoms with van der Waals surface area (Å²) in [6, 6.07) is 3.86. The zero-order valence-electron chi connectivity index (χ0n) is 13.3. The van der Waals surface area contributed by atoms with Gasteiger partial charge in [-0.05, 0) is 32.9 Å². The molecule has 1 fully saturated rings. The molecule has 0 spiro atoms. The summed E-state index contributed by atoms with van der Waals surface area (Å²) >= 11 is 0. The topological polar surface area (TPSA) is 75.9 Å². The predicted octanol–water partition coefficient (Wildman–Crippen LogP) is 0.754. The summed E-state index contributed by atoms with van der Waals surface area (Å²) in [6.07, 6.45) is 0. The van der Waals surface area contributed by atoms with Gasteiger partial charge in [0.05, 0.1) is 11.7 Å². The number of carbonyl (C=O) groups excluding carboxylic acids is 1. The van der Waals surface area contributed by atoms with E-state index in [2.05, 4.69) is 25.3 Å². The second-order valence-corrected chi connectivity index (χ2v) is 5.82. The van der Waals surface area contributed by atoms with Crippen molar-refractivity contribution in [2.75, 3.05) is 18.0 Å². The van der Waals surface area contributed by atoms with Crippen LogP contribution in [-0.2, 0) is 7.05 Å². The Labute approximate surface area is 129 Å². The lowest BCUT2D eigenvalue weighted by atomic mass is 10.1. The highest BCUT2D eigenvalue weighted by Crippen LogP contribution is 2.17. The fourth-order valence-electron chi connectivity index (χ4n) is 2.66. The average Bonchev–Trinajstić information content (AvgIpc) is 2.71. The third-order valence-electron chi connectivity index (χ3n) is 3.70. The average molecular weight is 300 g/mol. The van der Waals surface area contributed by atoms with Crippen molar-refractivity contribution in [3.8, 4) is 0 Å². The molecule has 0 bridgehead atoms. The van der Waals surface area contributed by atoms with E-state index >= 15 is 0 Å². The molecule has 1 saturated heterocycles. The number of nitrogens with one attached hydrogen (secondary N) is 1. The van der Waals surface area contributed by atoms with Crippen LogP contribution in [0.4, 0.5) is 5.95 Å². The Balaban J connectivity index is 1.59. The first kappa shape index (κ1) is 14.5. The molecule has 1 aliphatic heterocycles. The fourth-order valence-corrected chi connectivity index (χ4v) is 2.66. The van der Waals surface area contributed by atoms with Crippen LogP contribution in [0.25, 0.3) is 0 Å². The lowest BCUT2D eigenvalue weighted by Crippen LogP contribution is -2.60. The molecule has 22 heavy (non-hydrogen) atoms. The van der Waals surface area contributed by atoms with E-state index in [0.29, 0.717) is 5.69 Å². The van der Waals surface area contributed by atoms with E-state index in [1.54, 1.807) is 17.8 Å². The first-order valence-corrected chi connectivity index (χ1v) is 7.31. The number of hydrogen-bond donors (Lipinski definition) is 1. The maximum absolute atomic E-state index is 12.2. The summed E-state index contributed by atoms with van der Waals surface area (Å²) in [5, 5.41) is 7.21. The second-order valence-electron chi connectivity index (χ2n) is 5.82. The molecule has 0 radical (unpaired) electrons. The Morgan fingerprint density at radius 2 is 1.77 bits per heavy atom. The first-order valence-electron chi connectivity index (χ1n) is 7.31. The smallest absolute Gasteiger partial charge is 0.269 e. The Kier molecular flexibility index (Phi) is 3.56. The Morgan fingerprint density at radius 3 is 2.32 bits per heavy atom. The van der Waals surface area contributed by atoms with Gasteiger partial charge in [-0.3, -0.25) is 9.48 Å². The molecule has 1 aliphatic rings. The Morgan fingerprint density at radius 1 is 1.14 bits per heavy atom. The minimum Gasteiger partial charge on any atom is -0.344 e. The van der Waals surface area contributed by atoms with E-state index in [-0.39, 0.29) is 11.9 Å². The highest BCUT2D eigenvalue weighted by molar-refractivity contribution is 5.93. The third kappa shape index (κ3) is 2.79. The lowest BCUT2D eigenvalue weighted by Gasteiger charge is -2.39. The largest absolute Gasteiger partial charge is 0.344 e. The zero-order chi connectivity index (χ0) is 15.9. The molecule has 3 heterocycles. The van der Waals surface area contributed by atoms with Gasteiger partial charge in [-0.2, -0.15) is 5.10 Å². The summed E-state index contributed by atoms with van der Waals surface area (Å²) < 4.78 is 1.61. The summed E-state index contributed by atoms with van der Waals surface area (Å²) in [4.78, 5) is 23.1. The summed E-state index contributed by atoms with van der Waals surface area (Å²) in [6.45, 7) is 7.25. The standard InChI is InChI=1S/C15H20N6O/c1-9-5-10(2)17-15(16-9)21-7-12(8-21)18-14(22)13-6-11(3)19-20(13)4/h5-6,12H,7-8H2,1-4H3,(H,18,22). The molecule has 1 N–H and O–H groups in total. The first-order chi connectivity index (χ1) is 10.4. The van der Waals surface area contributed by atoms with Crippen LogP contribution >= 0.6 is 0 Å². The van der Waals surface area contributed by atoms with Crippen molar-refractivity contribution < 1.29 is 4.79 Å². The van der Waals surface area contributed by atoms with Crippen LogP contribution in [0.2, 0.25) is 0 Å². The number of aromatic nitrogens is 4. The number of nitrogens with zero attached hydrogens (tertiary/aromatic N) is 5. The molecule has 2 aromatic heterocycles. The number of anilines is 1. The van der Waals surface area contributed by atoms with Crippen LogP contribution in [0.15, 0.2) is 12.1 Å². The van der Waals surface area contributed by atoms with Crippen LogP contribution in [0, 0.1) is 20.8 Å². The molecule has 1 amide bonds. The summed E-state index contributed by atoms with van der Waals surface area (Å²) in [5.74, 6) is 0.647. The van der Waals surface area contributed by atoms with Crippen molar-refractivity contribution in [3.63, 3.8) is 0 Å². The maximum atomic E-state index is 12.2. The number of aryl methyl sites for hydroxylation is 4. The van der Waals surface area contributed by atoms with Crippen molar-refractivity contribution in [3.05, 3.63) is 34.9 Å². The van der Waals surface area contributed by atoms with Gasteiger partial charge in [0.25, 0.3) is 5.91 Å².